The maximum Gasteiger partial charge on any atom is 0.262 e. The molecule has 24 heavy (non-hydrogen) atoms. The molecule has 0 bridgehead atoms. The lowest BCUT2D eigenvalue weighted by Crippen LogP contribution is -2.19. The predicted molar refractivity (Wildman–Crippen MR) is 94.0 cm³/mol. The molecule has 0 aliphatic rings. The molecule has 0 spiro atoms. The number of para-hydroxylation sites is 1. The lowest BCUT2D eigenvalue weighted by Gasteiger charge is -2.12. The van der Waals surface area contributed by atoms with Crippen LogP contribution in [0.3, 0.4) is 0 Å². The van der Waals surface area contributed by atoms with Gasteiger partial charge in [0.1, 0.15) is 12.4 Å². The Morgan fingerprint density at radius 3 is 2.54 bits per heavy atom. The van der Waals surface area contributed by atoms with Crippen molar-refractivity contribution in [2.45, 2.75) is 6.92 Å². The lowest BCUT2D eigenvalue weighted by molar-refractivity contribution is 0.261. The molecule has 0 saturated heterocycles. The minimum absolute atomic E-state index is 0.464. The SMILES string of the molecule is Cc1ccc(-c2noc(-c3ccccc3OCCN(C)C)n2)cc1. The fourth-order valence-corrected chi connectivity index (χ4v) is 2.26. The number of rotatable bonds is 6. The topological polar surface area (TPSA) is 51.4 Å². The van der Waals surface area contributed by atoms with Gasteiger partial charge in [0.25, 0.3) is 5.89 Å². The highest BCUT2D eigenvalue weighted by Gasteiger charge is 2.14. The summed E-state index contributed by atoms with van der Waals surface area (Å²) in [5, 5.41) is 4.09. The number of ether oxygens (including phenoxy) is 1. The highest BCUT2D eigenvalue weighted by molar-refractivity contribution is 5.65. The zero-order valence-corrected chi connectivity index (χ0v) is 14.2. The molecule has 1 heterocycles. The van der Waals surface area contributed by atoms with Crippen LogP contribution in [0, 0.1) is 6.92 Å². The number of aryl methyl sites for hydroxylation is 1. The third-order valence-corrected chi connectivity index (χ3v) is 3.65. The van der Waals surface area contributed by atoms with Gasteiger partial charge in [-0.2, -0.15) is 4.98 Å². The van der Waals surface area contributed by atoms with E-state index in [1.807, 2.05) is 69.6 Å². The number of nitrogens with zero attached hydrogens (tertiary/aromatic N) is 3. The molecule has 0 fully saturated rings. The Bertz CT molecular complexity index is 794. The van der Waals surface area contributed by atoms with E-state index in [4.69, 9.17) is 9.26 Å². The Hall–Kier alpha value is -2.66. The van der Waals surface area contributed by atoms with Crippen LogP contribution in [0.1, 0.15) is 5.56 Å². The van der Waals surface area contributed by atoms with Crippen LogP contribution in [0.4, 0.5) is 0 Å². The number of aromatic nitrogens is 2. The quantitative estimate of drug-likeness (QED) is 0.693. The van der Waals surface area contributed by atoms with E-state index in [2.05, 4.69) is 15.0 Å². The molecule has 3 rings (SSSR count). The van der Waals surface area contributed by atoms with Gasteiger partial charge in [-0.25, -0.2) is 0 Å². The van der Waals surface area contributed by atoms with E-state index in [9.17, 15) is 0 Å². The smallest absolute Gasteiger partial charge is 0.262 e. The molecular weight excluding hydrogens is 302 g/mol. The predicted octanol–water partition coefficient (Wildman–Crippen LogP) is 3.65. The van der Waals surface area contributed by atoms with Crippen LogP contribution in [0.5, 0.6) is 5.75 Å². The van der Waals surface area contributed by atoms with E-state index in [0.717, 1.165) is 23.4 Å². The van der Waals surface area contributed by atoms with Crippen molar-refractivity contribution in [1.29, 1.82) is 0 Å². The summed E-state index contributed by atoms with van der Waals surface area (Å²) in [4.78, 5) is 6.59. The highest BCUT2D eigenvalue weighted by atomic mass is 16.5. The van der Waals surface area contributed by atoms with Crippen molar-refractivity contribution >= 4 is 0 Å². The third kappa shape index (κ3) is 3.81. The van der Waals surface area contributed by atoms with Gasteiger partial charge in [-0.3, -0.25) is 0 Å². The van der Waals surface area contributed by atoms with Crippen molar-refractivity contribution in [3.63, 3.8) is 0 Å². The summed E-state index contributed by atoms with van der Waals surface area (Å²) >= 11 is 0. The molecule has 0 amide bonds. The van der Waals surface area contributed by atoms with E-state index < -0.39 is 0 Å². The van der Waals surface area contributed by atoms with Gasteiger partial charge in [0, 0.05) is 12.1 Å². The fraction of sp³-hybridized carbons (Fsp3) is 0.263. The van der Waals surface area contributed by atoms with E-state index in [1.54, 1.807) is 0 Å². The molecular formula is C19H21N3O2. The molecule has 124 valence electrons. The summed E-state index contributed by atoms with van der Waals surface area (Å²) < 4.78 is 11.3. The van der Waals surface area contributed by atoms with Crippen LogP contribution in [0.25, 0.3) is 22.8 Å². The molecule has 2 aromatic carbocycles. The van der Waals surface area contributed by atoms with Crippen LogP contribution in [-0.4, -0.2) is 42.3 Å². The molecule has 5 heteroatoms. The summed E-state index contributed by atoms with van der Waals surface area (Å²) in [5.41, 5.74) is 2.94. The minimum atomic E-state index is 0.464. The zero-order chi connectivity index (χ0) is 16.9. The molecule has 5 nitrogen and oxygen atoms in total. The van der Waals surface area contributed by atoms with Crippen LogP contribution in [0.2, 0.25) is 0 Å². The first-order chi connectivity index (χ1) is 11.6. The first kappa shape index (κ1) is 16.2. The van der Waals surface area contributed by atoms with Crippen molar-refractivity contribution in [3.05, 3.63) is 54.1 Å². The van der Waals surface area contributed by atoms with Crippen molar-refractivity contribution in [2.75, 3.05) is 27.2 Å². The first-order valence-electron chi connectivity index (χ1n) is 7.91. The van der Waals surface area contributed by atoms with Crippen molar-refractivity contribution in [3.8, 4) is 28.6 Å². The van der Waals surface area contributed by atoms with Gasteiger partial charge in [0.2, 0.25) is 5.82 Å². The van der Waals surface area contributed by atoms with E-state index in [0.29, 0.717) is 18.3 Å². The Kier molecular flexibility index (Phi) is 4.91. The van der Waals surface area contributed by atoms with E-state index in [-0.39, 0.29) is 0 Å². The molecule has 0 unspecified atom stereocenters. The second-order valence-corrected chi connectivity index (χ2v) is 5.94. The average molecular weight is 323 g/mol. The number of likely N-dealkylation sites (N-methyl/N-ethyl adjacent to an activating group) is 1. The highest BCUT2D eigenvalue weighted by Crippen LogP contribution is 2.30. The van der Waals surface area contributed by atoms with Gasteiger partial charge in [0.05, 0.1) is 5.56 Å². The van der Waals surface area contributed by atoms with Crippen LogP contribution in [0.15, 0.2) is 53.1 Å². The largest absolute Gasteiger partial charge is 0.491 e. The number of hydrogen-bond donors (Lipinski definition) is 0. The monoisotopic (exact) mass is 323 g/mol. The average Bonchev–Trinajstić information content (AvgIpc) is 3.05. The maximum atomic E-state index is 5.86. The number of benzene rings is 2. The van der Waals surface area contributed by atoms with Crippen molar-refractivity contribution in [1.82, 2.24) is 15.0 Å². The van der Waals surface area contributed by atoms with E-state index in [1.165, 1.54) is 5.56 Å². The van der Waals surface area contributed by atoms with Crippen molar-refractivity contribution < 1.29 is 9.26 Å². The Balaban J connectivity index is 1.83. The zero-order valence-electron chi connectivity index (χ0n) is 14.2. The lowest BCUT2D eigenvalue weighted by atomic mass is 10.1. The van der Waals surface area contributed by atoms with Gasteiger partial charge in [-0.1, -0.05) is 47.1 Å². The van der Waals surface area contributed by atoms with Gasteiger partial charge in [0.15, 0.2) is 0 Å². The molecule has 0 radical (unpaired) electrons. The van der Waals surface area contributed by atoms with Crippen LogP contribution < -0.4 is 4.74 Å². The molecule has 0 N–H and O–H groups in total. The molecule has 1 aromatic heterocycles. The van der Waals surface area contributed by atoms with Gasteiger partial charge >= 0.3 is 0 Å². The Morgan fingerprint density at radius 2 is 1.79 bits per heavy atom. The number of hydrogen-bond acceptors (Lipinski definition) is 5. The van der Waals surface area contributed by atoms with Gasteiger partial charge in [-0.15, -0.1) is 0 Å². The van der Waals surface area contributed by atoms with E-state index >= 15 is 0 Å². The Labute approximate surface area is 141 Å². The van der Waals surface area contributed by atoms with Crippen LogP contribution >= 0.6 is 0 Å². The molecule has 3 aromatic rings. The standard InChI is InChI=1S/C19H21N3O2/c1-14-8-10-15(11-9-14)18-20-19(24-21-18)16-6-4-5-7-17(16)23-13-12-22(2)3/h4-11H,12-13H2,1-3H3. The normalized spacial score (nSPS) is 11.0. The van der Waals surface area contributed by atoms with Gasteiger partial charge in [-0.05, 0) is 33.2 Å². The molecule has 0 saturated carbocycles. The first-order valence-corrected chi connectivity index (χ1v) is 7.91. The minimum Gasteiger partial charge on any atom is -0.491 e. The Morgan fingerprint density at radius 1 is 1.04 bits per heavy atom. The summed E-state index contributed by atoms with van der Waals surface area (Å²) in [7, 11) is 4.03. The summed E-state index contributed by atoms with van der Waals surface area (Å²) in [6, 6.07) is 15.8. The summed E-state index contributed by atoms with van der Waals surface area (Å²) in [5.74, 6) is 1.79. The maximum absolute atomic E-state index is 5.86. The summed E-state index contributed by atoms with van der Waals surface area (Å²) in [6.45, 7) is 3.49. The molecule has 0 atom stereocenters. The molecule has 0 aliphatic heterocycles. The van der Waals surface area contributed by atoms with Crippen molar-refractivity contribution in [2.24, 2.45) is 0 Å². The summed E-state index contributed by atoms with van der Waals surface area (Å²) in [6.07, 6.45) is 0. The third-order valence-electron chi connectivity index (χ3n) is 3.65. The molecule has 0 aliphatic carbocycles. The fourth-order valence-electron chi connectivity index (χ4n) is 2.26. The van der Waals surface area contributed by atoms with Crippen LogP contribution in [-0.2, 0) is 0 Å². The second-order valence-electron chi connectivity index (χ2n) is 5.94. The van der Waals surface area contributed by atoms with Gasteiger partial charge < -0.3 is 14.2 Å². The second kappa shape index (κ2) is 7.27.